The zero-order valence-electron chi connectivity index (χ0n) is 16.2. The molecule has 1 N–H and O–H groups in total. The van der Waals surface area contributed by atoms with Crippen molar-refractivity contribution in [1.82, 2.24) is 20.0 Å². The smallest absolute Gasteiger partial charge is 0.220 e. The zero-order chi connectivity index (χ0) is 18.5. The van der Waals surface area contributed by atoms with Crippen LogP contribution in [0.4, 0.5) is 0 Å². The molecule has 5 nitrogen and oxygen atoms in total. The number of carbonyl (C=O) groups is 1. The van der Waals surface area contributed by atoms with E-state index in [0.29, 0.717) is 13.0 Å². The van der Waals surface area contributed by atoms with Crippen LogP contribution in [-0.4, -0.2) is 40.2 Å². The fourth-order valence-electron chi connectivity index (χ4n) is 3.90. The highest BCUT2D eigenvalue weighted by atomic mass is 16.1. The van der Waals surface area contributed by atoms with Crippen molar-refractivity contribution >= 4 is 5.91 Å². The predicted molar refractivity (Wildman–Crippen MR) is 104 cm³/mol. The van der Waals surface area contributed by atoms with Gasteiger partial charge in [0.1, 0.15) is 0 Å². The molecule has 1 fully saturated rings. The van der Waals surface area contributed by atoms with E-state index >= 15 is 0 Å². The molecule has 1 aromatic heterocycles. The second-order valence-corrected chi connectivity index (χ2v) is 7.25. The number of benzene rings is 1. The van der Waals surface area contributed by atoms with Gasteiger partial charge in [-0.2, -0.15) is 5.10 Å². The van der Waals surface area contributed by atoms with E-state index in [0.717, 1.165) is 30.9 Å². The van der Waals surface area contributed by atoms with Crippen molar-refractivity contribution < 1.29 is 4.79 Å². The molecule has 3 rings (SSSR count). The molecule has 0 aliphatic carbocycles. The van der Waals surface area contributed by atoms with E-state index in [9.17, 15) is 4.79 Å². The summed E-state index contributed by atoms with van der Waals surface area (Å²) in [5, 5.41) is 7.60. The highest BCUT2D eigenvalue weighted by Gasteiger charge is 2.23. The average Bonchev–Trinajstić information content (AvgIpc) is 3.24. The largest absolute Gasteiger partial charge is 0.354 e. The average molecular weight is 354 g/mol. The maximum atomic E-state index is 12.4. The Morgan fingerprint density at radius 2 is 1.88 bits per heavy atom. The quantitative estimate of drug-likeness (QED) is 0.832. The highest BCUT2D eigenvalue weighted by Crippen LogP contribution is 2.24. The van der Waals surface area contributed by atoms with Gasteiger partial charge in [0.25, 0.3) is 0 Å². The lowest BCUT2D eigenvalue weighted by Crippen LogP contribution is -2.36. The Balaban J connectivity index is 1.57. The molecule has 5 heteroatoms. The Morgan fingerprint density at radius 3 is 2.50 bits per heavy atom. The molecule has 1 amide bonds. The number of hydrogen-bond acceptors (Lipinski definition) is 3. The Labute approximate surface area is 156 Å². The molecule has 0 spiro atoms. The first kappa shape index (κ1) is 18.6. The summed E-state index contributed by atoms with van der Waals surface area (Å²) in [5.41, 5.74) is 4.65. The highest BCUT2D eigenvalue weighted by molar-refractivity contribution is 5.76. The predicted octanol–water partition coefficient (Wildman–Crippen LogP) is 2.92. The number of nitrogens with zero attached hydrogens (tertiary/aromatic N) is 3. The van der Waals surface area contributed by atoms with E-state index in [-0.39, 0.29) is 11.9 Å². The van der Waals surface area contributed by atoms with Gasteiger partial charge in [0.15, 0.2) is 0 Å². The van der Waals surface area contributed by atoms with E-state index in [1.54, 1.807) is 0 Å². The van der Waals surface area contributed by atoms with Crippen LogP contribution in [-0.2, 0) is 18.3 Å². The van der Waals surface area contributed by atoms with Gasteiger partial charge in [-0.1, -0.05) is 30.3 Å². The van der Waals surface area contributed by atoms with Crippen LogP contribution in [0.25, 0.3) is 0 Å². The van der Waals surface area contributed by atoms with Crippen LogP contribution >= 0.6 is 0 Å². The topological polar surface area (TPSA) is 50.2 Å². The number of carbonyl (C=O) groups excluding carboxylic acids is 1. The Kier molecular flexibility index (Phi) is 6.09. The lowest BCUT2D eigenvalue weighted by atomic mass is 10.0. The number of aromatic nitrogens is 2. The Hall–Kier alpha value is -2.14. The first-order valence-electron chi connectivity index (χ1n) is 9.61. The maximum Gasteiger partial charge on any atom is 0.220 e. The zero-order valence-corrected chi connectivity index (χ0v) is 16.2. The normalized spacial score (nSPS) is 16.0. The molecule has 0 radical (unpaired) electrons. The van der Waals surface area contributed by atoms with Crippen LogP contribution in [0.15, 0.2) is 30.3 Å². The summed E-state index contributed by atoms with van der Waals surface area (Å²) in [6.45, 7) is 6.98. The van der Waals surface area contributed by atoms with Crippen molar-refractivity contribution in [3.05, 3.63) is 52.8 Å². The fraction of sp³-hybridized carbons (Fsp3) is 0.524. The maximum absolute atomic E-state index is 12.4. The van der Waals surface area contributed by atoms with Gasteiger partial charge in [-0.25, -0.2) is 0 Å². The molecule has 26 heavy (non-hydrogen) atoms. The van der Waals surface area contributed by atoms with Crippen LogP contribution in [0.3, 0.4) is 0 Å². The summed E-state index contributed by atoms with van der Waals surface area (Å²) in [5.74, 6) is 0.118. The Bertz CT molecular complexity index is 732. The van der Waals surface area contributed by atoms with Crippen molar-refractivity contribution in [3.63, 3.8) is 0 Å². The van der Waals surface area contributed by atoms with Crippen molar-refractivity contribution in [2.45, 2.75) is 45.6 Å². The molecule has 140 valence electrons. The molecule has 1 aromatic carbocycles. The second kappa shape index (κ2) is 8.49. The van der Waals surface area contributed by atoms with Gasteiger partial charge in [-0.05, 0) is 57.3 Å². The summed E-state index contributed by atoms with van der Waals surface area (Å²) >= 11 is 0. The van der Waals surface area contributed by atoms with Crippen LogP contribution < -0.4 is 5.32 Å². The molecular weight excluding hydrogens is 324 g/mol. The third kappa shape index (κ3) is 4.33. The molecule has 1 aliphatic rings. The molecule has 0 bridgehead atoms. The summed E-state index contributed by atoms with van der Waals surface area (Å²) in [6.07, 6.45) is 3.75. The first-order chi connectivity index (χ1) is 12.6. The number of aryl methyl sites for hydroxylation is 2. The van der Waals surface area contributed by atoms with Crippen LogP contribution in [0.5, 0.6) is 0 Å². The summed E-state index contributed by atoms with van der Waals surface area (Å²) in [7, 11) is 1.95. The van der Waals surface area contributed by atoms with Crippen molar-refractivity contribution in [1.29, 1.82) is 0 Å². The van der Waals surface area contributed by atoms with Gasteiger partial charge in [-0.3, -0.25) is 14.4 Å². The molecule has 0 saturated carbocycles. The second-order valence-electron chi connectivity index (χ2n) is 7.25. The van der Waals surface area contributed by atoms with Crippen LogP contribution in [0.2, 0.25) is 0 Å². The van der Waals surface area contributed by atoms with E-state index in [4.69, 9.17) is 0 Å². The number of amides is 1. The minimum Gasteiger partial charge on any atom is -0.354 e. The molecule has 2 heterocycles. The SMILES string of the molecule is Cc1nn(C)c(C)c1CCC(=O)NCC(c1ccccc1)N1CCCC1. The van der Waals surface area contributed by atoms with Gasteiger partial charge >= 0.3 is 0 Å². The molecule has 1 atom stereocenters. The van der Waals surface area contributed by atoms with E-state index in [1.807, 2.05) is 24.7 Å². The summed E-state index contributed by atoms with van der Waals surface area (Å²) in [4.78, 5) is 14.9. The number of nitrogens with one attached hydrogen (secondary N) is 1. The molecule has 2 aromatic rings. The summed E-state index contributed by atoms with van der Waals surface area (Å²) < 4.78 is 1.89. The number of hydrogen-bond donors (Lipinski definition) is 1. The monoisotopic (exact) mass is 354 g/mol. The molecule has 1 saturated heterocycles. The van der Waals surface area contributed by atoms with E-state index in [1.165, 1.54) is 24.0 Å². The van der Waals surface area contributed by atoms with Gasteiger partial charge in [0.2, 0.25) is 5.91 Å². The van der Waals surface area contributed by atoms with Crippen LogP contribution in [0, 0.1) is 13.8 Å². The fourth-order valence-corrected chi connectivity index (χ4v) is 3.90. The van der Waals surface area contributed by atoms with E-state index in [2.05, 4.69) is 46.5 Å². The van der Waals surface area contributed by atoms with Gasteiger partial charge in [-0.15, -0.1) is 0 Å². The van der Waals surface area contributed by atoms with Crippen LogP contribution in [0.1, 0.15) is 47.8 Å². The van der Waals surface area contributed by atoms with Gasteiger partial charge in [0.05, 0.1) is 11.7 Å². The minimum absolute atomic E-state index is 0.118. The molecule has 1 aliphatic heterocycles. The number of rotatable bonds is 7. The van der Waals surface area contributed by atoms with E-state index < -0.39 is 0 Å². The third-order valence-corrected chi connectivity index (χ3v) is 5.52. The summed E-state index contributed by atoms with van der Waals surface area (Å²) in [6, 6.07) is 10.8. The third-order valence-electron chi connectivity index (χ3n) is 5.52. The lowest BCUT2D eigenvalue weighted by molar-refractivity contribution is -0.121. The van der Waals surface area contributed by atoms with Gasteiger partial charge in [0, 0.05) is 25.7 Å². The molecule has 1 unspecified atom stereocenters. The minimum atomic E-state index is 0.118. The van der Waals surface area contributed by atoms with Crippen molar-refractivity contribution in [3.8, 4) is 0 Å². The number of likely N-dealkylation sites (tertiary alicyclic amines) is 1. The standard InChI is InChI=1S/C21H30N4O/c1-16-19(17(2)24(3)23-16)11-12-21(26)22-15-20(25-13-7-8-14-25)18-9-5-4-6-10-18/h4-6,9-10,20H,7-8,11-15H2,1-3H3,(H,22,26). The lowest BCUT2D eigenvalue weighted by Gasteiger charge is -2.28. The first-order valence-corrected chi connectivity index (χ1v) is 9.61. The van der Waals surface area contributed by atoms with Crippen molar-refractivity contribution in [2.24, 2.45) is 7.05 Å². The van der Waals surface area contributed by atoms with Crippen molar-refractivity contribution in [2.75, 3.05) is 19.6 Å². The van der Waals surface area contributed by atoms with Gasteiger partial charge < -0.3 is 5.32 Å². The molecular formula is C21H30N4O. The Morgan fingerprint density at radius 1 is 1.19 bits per heavy atom.